The minimum Gasteiger partial charge on any atom is -0.347 e. The van der Waals surface area contributed by atoms with Crippen molar-refractivity contribution in [2.45, 2.75) is 19.5 Å². The Bertz CT molecular complexity index is 715. The maximum atomic E-state index is 11.9. The summed E-state index contributed by atoms with van der Waals surface area (Å²) in [6, 6.07) is 5.01. The fourth-order valence-electron chi connectivity index (χ4n) is 1.79. The first-order chi connectivity index (χ1) is 9.49. The molecule has 2 heterocycles. The van der Waals surface area contributed by atoms with E-state index >= 15 is 0 Å². The van der Waals surface area contributed by atoms with E-state index in [2.05, 4.69) is 5.32 Å². The van der Waals surface area contributed by atoms with E-state index in [1.165, 1.54) is 23.9 Å². The van der Waals surface area contributed by atoms with Gasteiger partial charge in [0, 0.05) is 24.2 Å². The van der Waals surface area contributed by atoms with Crippen molar-refractivity contribution < 1.29 is 4.79 Å². The van der Waals surface area contributed by atoms with Crippen molar-refractivity contribution in [2.75, 3.05) is 0 Å². The van der Waals surface area contributed by atoms with Crippen LogP contribution >= 0.6 is 11.3 Å². The maximum absolute atomic E-state index is 11.9. The lowest BCUT2D eigenvalue weighted by Gasteiger charge is -2.13. The first kappa shape index (κ1) is 14.3. The Morgan fingerprint density at radius 1 is 1.40 bits per heavy atom. The van der Waals surface area contributed by atoms with Gasteiger partial charge in [-0.15, -0.1) is 11.3 Å². The van der Waals surface area contributed by atoms with Gasteiger partial charge in [0.2, 0.25) is 5.91 Å². The van der Waals surface area contributed by atoms with Crippen LogP contribution in [0.5, 0.6) is 0 Å². The quantitative estimate of drug-likeness (QED) is 0.891. The van der Waals surface area contributed by atoms with Crippen LogP contribution in [0.3, 0.4) is 0 Å². The molecular weight excluding hydrogens is 278 g/mol. The summed E-state index contributed by atoms with van der Waals surface area (Å²) in [4.78, 5) is 36.0. The second kappa shape index (κ2) is 5.87. The van der Waals surface area contributed by atoms with Crippen LogP contribution in [0.1, 0.15) is 17.8 Å². The number of hydrogen-bond acceptors (Lipinski definition) is 4. The van der Waals surface area contributed by atoms with Gasteiger partial charge in [-0.05, 0) is 18.4 Å². The summed E-state index contributed by atoms with van der Waals surface area (Å²) in [7, 11) is 1.38. The normalized spacial score (nSPS) is 12.1. The topological polar surface area (TPSA) is 73.1 Å². The van der Waals surface area contributed by atoms with Crippen molar-refractivity contribution >= 4 is 17.2 Å². The van der Waals surface area contributed by atoms with Crippen LogP contribution in [0, 0.1) is 0 Å². The average Bonchev–Trinajstić information content (AvgIpc) is 2.93. The van der Waals surface area contributed by atoms with Gasteiger partial charge in [-0.25, -0.2) is 4.79 Å². The number of nitrogens with one attached hydrogen (secondary N) is 1. The Balaban J connectivity index is 2.07. The van der Waals surface area contributed by atoms with Crippen LogP contribution in [0.4, 0.5) is 0 Å². The monoisotopic (exact) mass is 293 g/mol. The molecule has 1 atom stereocenters. The van der Waals surface area contributed by atoms with Crippen LogP contribution < -0.4 is 16.6 Å². The van der Waals surface area contributed by atoms with Crippen LogP contribution in [0.2, 0.25) is 0 Å². The van der Waals surface area contributed by atoms with Crippen LogP contribution in [-0.4, -0.2) is 15.0 Å². The highest BCUT2D eigenvalue weighted by atomic mass is 32.1. The highest BCUT2D eigenvalue weighted by Gasteiger charge is 2.12. The predicted octanol–water partition coefficient (Wildman–Crippen LogP) is 0.486. The molecule has 2 aromatic rings. The largest absolute Gasteiger partial charge is 0.347 e. The van der Waals surface area contributed by atoms with Gasteiger partial charge in [-0.1, -0.05) is 6.07 Å². The van der Waals surface area contributed by atoms with Crippen LogP contribution in [0.15, 0.2) is 39.4 Å². The first-order valence-electron chi connectivity index (χ1n) is 6.08. The molecule has 0 spiro atoms. The molecule has 0 fully saturated rings. The molecule has 0 bridgehead atoms. The predicted molar refractivity (Wildman–Crippen MR) is 76.8 cm³/mol. The summed E-state index contributed by atoms with van der Waals surface area (Å²) in [6.45, 7) is 1.77. The third kappa shape index (κ3) is 3.05. The maximum Gasteiger partial charge on any atom is 0.331 e. The van der Waals surface area contributed by atoms with Gasteiger partial charge in [-0.3, -0.25) is 18.7 Å². The molecule has 0 aliphatic rings. The number of hydrogen-bond donors (Lipinski definition) is 1. The number of nitrogens with zero attached hydrogens (tertiary/aromatic N) is 2. The number of carbonyl (C=O) groups excluding carboxylic acids is 1. The highest BCUT2D eigenvalue weighted by Crippen LogP contribution is 2.17. The van der Waals surface area contributed by atoms with E-state index in [4.69, 9.17) is 0 Å². The Morgan fingerprint density at radius 3 is 2.80 bits per heavy atom. The highest BCUT2D eigenvalue weighted by molar-refractivity contribution is 7.10. The summed E-state index contributed by atoms with van der Waals surface area (Å²) in [5, 5.41) is 4.76. The summed E-state index contributed by atoms with van der Waals surface area (Å²) in [5.41, 5.74) is -0.893. The van der Waals surface area contributed by atoms with Crippen LogP contribution in [-0.2, 0) is 18.4 Å². The van der Waals surface area contributed by atoms with E-state index in [0.29, 0.717) is 0 Å². The van der Waals surface area contributed by atoms with Crippen molar-refractivity contribution in [2.24, 2.45) is 7.05 Å². The zero-order valence-electron chi connectivity index (χ0n) is 11.2. The lowest BCUT2D eigenvalue weighted by molar-refractivity contribution is -0.122. The Hall–Kier alpha value is -2.15. The lowest BCUT2D eigenvalue weighted by Crippen LogP contribution is -2.40. The van der Waals surface area contributed by atoms with E-state index in [9.17, 15) is 14.4 Å². The average molecular weight is 293 g/mol. The molecule has 2 rings (SSSR count). The number of thiophene rings is 1. The van der Waals surface area contributed by atoms with Gasteiger partial charge in [0.1, 0.15) is 6.54 Å². The van der Waals surface area contributed by atoms with E-state index < -0.39 is 11.2 Å². The zero-order valence-corrected chi connectivity index (χ0v) is 12.0. The standard InChI is InChI=1S/C13H15N3O3S/c1-9(10-4-3-7-20-10)14-11(17)8-16-6-5-12(18)15(2)13(16)19/h3-7,9H,8H2,1-2H3,(H,14,17)/t9-/m0/s1. The summed E-state index contributed by atoms with van der Waals surface area (Å²) in [6.07, 6.45) is 1.33. The van der Waals surface area contributed by atoms with E-state index in [-0.39, 0.29) is 18.5 Å². The molecule has 0 saturated heterocycles. The smallest absolute Gasteiger partial charge is 0.331 e. The van der Waals surface area contributed by atoms with E-state index in [1.54, 1.807) is 11.3 Å². The Morgan fingerprint density at radius 2 is 2.15 bits per heavy atom. The van der Waals surface area contributed by atoms with Crippen molar-refractivity contribution in [3.63, 3.8) is 0 Å². The fraction of sp³-hybridized carbons (Fsp3) is 0.308. The molecule has 0 unspecified atom stereocenters. The zero-order chi connectivity index (χ0) is 14.7. The third-order valence-corrected chi connectivity index (χ3v) is 3.98. The first-order valence-corrected chi connectivity index (χ1v) is 6.96. The summed E-state index contributed by atoms with van der Waals surface area (Å²) in [5.74, 6) is -0.272. The van der Waals surface area contributed by atoms with Crippen LogP contribution in [0.25, 0.3) is 0 Å². The molecule has 0 saturated carbocycles. The molecule has 0 aliphatic carbocycles. The van der Waals surface area contributed by atoms with Gasteiger partial charge in [0.05, 0.1) is 6.04 Å². The molecule has 1 amide bonds. The van der Waals surface area contributed by atoms with E-state index in [0.717, 1.165) is 9.44 Å². The summed E-state index contributed by atoms with van der Waals surface area (Å²) >= 11 is 1.56. The van der Waals surface area contributed by atoms with Gasteiger partial charge in [0.15, 0.2) is 0 Å². The lowest BCUT2D eigenvalue weighted by atomic mass is 10.3. The second-order valence-corrected chi connectivity index (χ2v) is 5.41. The van der Waals surface area contributed by atoms with Crippen molar-refractivity contribution in [1.29, 1.82) is 0 Å². The number of aromatic nitrogens is 2. The molecule has 0 aromatic carbocycles. The number of amides is 1. The summed E-state index contributed by atoms with van der Waals surface area (Å²) < 4.78 is 2.17. The van der Waals surface area contributed by atoms with Crippen molar-refractivity contribution in [3.05, 3.63) is 55.5 Å². The molecule has 2 aromatic heterocycles. The molecule has 0 radical (unpaired) electrons. The molecule has 20 heavy (non-hydrogen) atoms. The molecule has 106 valence electrons. The molecule has 7 heteroatoms. The van der Waals surface area contributed by atoms with E-state index in [1.807, 2.05) is 24.4 Å². The second-order valence-electron chi connectivity index (χ2n) is 4.43. The molecule has 1 N–H and O–H groups in total. The SMILES string of the molecule is C[C@H](NC(=O)Cn1ccc(=O)n(C)c1=O)c1cccs1. The molecular formula is C13H15N3O3S. The minimum absolute atomic E-state index is 0.106. The van der Waals surface area contributed by atoms with Gasteiger partial charge >= 0.3 is 5.69 Å². The Kier molecular flexibility index (Phi) is 4.19. The molecule has 0 aliphatic heterocycles. The molecule has 6 nitrogen and oxygen atoms in total. The van der Waals surface area contributed by atoms with Crippen molar-refractivity contribution in [1.82, 2.24) is 14.5 Å². The minimum atomic E-state index is -0.503. The third-order valence-electron chi connectivity index (χ3n) is 2.92. The number of rotatable bonds is 4. The Labute approximate surface area is 119 Å². The van der Waals surface area contributed by atoms with Gasteiger partial charge in [-0.2, -0.15) is 0 Å². The van der Waals surface area contributed by atoms with Gasteiger partial charge < -0.3 is 5.32 Å². The van der Waals surface area contributed by atoms with Crippen molar-refractivity contribution in [3.8, 4) is 0 Å². The number of carbonyl (C=O) groups is 1. The van der Waals surface area contributed by atoms with Gasteiger partial charge in [0.25, 0.3) is 5.56 Å². The fourth-order valence-corrected chi connectivity index (χ4v) is 2.52.